The van der Waals surface area contributed by atoms with Crippen molar-refractivity contribution >= 4 is 27.3 Å². The van der Waals surface area contributed by atoms with Crippen LogP contribution >= 0.6 is 15.9 Å². The molecule has 0 saturated heterocycles. The van der Waals surface area contributed by atoms with Crippen molar-refractivity contribution in [1.29, 1.82) is 0 Å². The molecule has 0 bridgehead atoms. The zero-order valence-electron chi connectivity index (χ0n) is 11.4. The van der Waals surface area contributed by atoms with Gasteiger partial charge in [-0.15, -0.1) is 6.58 Å². The molecule has 1 aromatic carbocycles. The van der Waals surface area contributed by atoms with Crippen molar-refractivity contribution in [2.24, 2.45) is 5.10 Å². The quantitative estimate of drug-likeness (QED) is 0.594. The van der Waals surface area contributed by atoms with Crippen LogP contribution in [0.1, 0.15) is 37.7 Å². The second-order valence-corrected chi connectivity index (χ2v) is 5.85. The maximum absolute atomic E-state index is 4.62. The van der Waals surface area contributed by atoms with Gasteiger partial charge < -0.3 is 0 Å². The molecule has 0 unspecified atom stereocenters. The van der Waals surface area contributed by atoms with E-state index in [0.29, 0.717) is 0 Å². The van der Waals surface area contributed by atoms with Crippen molar-refractivity contribution in [2.45, 2.75) is 39.0 Å². The zero-order valence-corrected chi connectivity index (χ0v) is 13.0. The third-order valence-electron chi connectivity index (χ3n) is 3.45. The maximum atomic E-state index is 4.62. The first-order chi connectivity index (χ1) is 9.20. The highest BCUT2D eigenvalue weighted by atomic mass is 79.9. The van der Waals surface area contributed by atoms with Crippen LogP contribution in [0.3, 0.4) is 0 Å². The van der Waals surface area contributed by atoms with Gasteiger partial charge in [0.25, 0.3) is 0 Å². The number of benzene rings is 1. The summed E-state index contributed by atoms with van der Waals surface area (Å²) in [4.78, 5) is 0. The summed E-state index contributed by atoms with van der Waals surface area (Å²) in [7, 11) is 0. The first kappa shape index (κ1) is 14.3. The van der Waals surface area contributed by atoms with Gasteiger partial charge in [0.2, 0.25) is 0 Å². The summed E-state index contributed by atoms with van der Waals surface area (Å²) in [6, 6.07) is 6.20. The molecule has 19 heavy (non-hydrogen) atoms. The largest absolute Gasteiger partial charge is 0.278 e. The molecule has 0 heterocycles. The molecule has 2 nitrogen and oxygen atoms in total. The molecule has 101 valence electrons. The topological polar surface area (TPSA) is 24.4 Å². The van der Waals surface area contributed by atoms with Gasteiger partial charge in [0.15, 0.2) is 0 Å². The van der Waals surface area contributed by atoms with Crippen molar-refractivity contribution < 1.29 is 0 Å². The molecule has 3 heteroatoms. The Morgan fingerprint density at radius 3 is 2.95 bits per heavy atom. The Hall–Kier alpha value is -1.09. The fourth-order valence-electron chi connectivity index (χ4n) is 2.32. The number of nitrogens with one attached hydrogen (secondary N) is 1. The van der Waals surface area contributed by atoms with Crippen LogP contribution in [-0.4, -0.2) is 5.71 Å². The zero-order chi connectivity index (χ0) is 13.7. The highest BCUT2D eigenvalue weighted by Crippen LogP contribution is 2.27. The molecule has 0 atom stereocenters. The van der Waals surface area contributed by atoms with Gasteiger partial charge in [0, 0.05) is 16.1 Å². The Morgan fingerprint density at radius 2 is 2.16 bits per heavy atom. The normalized spacial score (nSPS) is 18.5. The third-order valence-corrected chi connectivity index (χ3v) is 3.95. The number of anilines is 1. The summed E-state index contributed by atoms with van der Waals surface area (Å²) < 4.78 is 1.07. The average Bonchev–Trinajstić information content (AvgIpc) is 2.42. The number of halogens is 1. The van der Waals surface area contributed by atoms with Crippen molar-refractivity contribution in [3.8, 4) is 0 Å². The summed E-state index contributed by atoms with van der Waals surface area (Å²) in [6.45, 7) is 5.92. The van der Waals surface area contributed by atoms with E-state index in [0.717, 1.165) is 29.4 Å². The van der Waals surface area contributed by atoms with Crippen LogP contribution in [0.5, 0.6) is 0 Å². The van der Waals surface area contributed by atoms with Crippen LogP contribution < -0.4 is 5.43 Å². The van der Waals surface area contributed by atoms with E-state index >= 15 is 0 Å². The molecule has 0 aliphatic heterocycles. The van der Waals surface area contributed by atoms with Gasteiger partial charge in [0.05, 0.1) is 5.69 Å². The van der Waals surface area contributed by atoms with Gasteiger partial charge in [-0.3, -0.25) is 5.43 Å². The van der Waals surface area contributed by atoms with Gasteiger partial charge in [-0.2, -0.15) is 5.10 Å². The fourth-order valence-corrected chi connectivity index (χ4v) is 2.68. The minimum absolute atomic E-state index is 0.956. The van der Waals surface area contributed by atoms with Crippen LogP contribution in [0.2, 0.25) is 0 Å². The molecule has 0 spiro atoms. The third kappa shape index (κ3) is 3.93. The molecule has 0 amide bonds. The van der Waals surface area contributed by atoms with Crippen LogP contribution in [0.15, 0.2) is 40.4 Å². The predicted octanol–water partition coefficient (Wildman–Crippen LogP) is 5.25. The molecule has 1 N–H and O–H groups in total. The Bertz CT molecular complexity index is 480. The van der Waals surface area contributed by atoms with Crippen molar-refractivity contribution in [3.05, 3.63) is 46.8 Å². The molecule has 1 aliphatic carbocycles. The van der Waals surface area contributed by atoms with E-state index in [9.17, 15) is 0 Å². The Kier molecular flexibility index (Phi) is 5.20. The van der Waals surface area contributed by atoms with Crippen LogP contribution in [0, 0.1) is 12.8 Å². The van der Waals surface area contributed by atoms with Gasteiger partial charge in [0.1, 0.15) is 0 Å². The van der Waals surface area contributed by atoms with E-state index in [1.807, 2.05) is 12.1 Å². The van der Waals surface area contributed by atoms with Gasteiger partial charge in [-0.25, -0.2) is 0 Å². The van der Waals surface area contributed by atoms with E-state index in [1.165, 1.54) is 30.0 Å². The van der Waals surface area contributed by atoms with E-state index in [4.69, 9.17) is 0 Å². The van der Waals surface area contributed by atoms with E-state index in [2.05, 4.69) is 52.1 Å². The van der Waals surface area contributed by atoms with Crippen LogP contribution in [-0.2, 0) is 0 Å². The predicted molar refractivity (Wildman–Crippen MR) is 86.5 cm³/mol. The molecule has 2 rings (SSSR count). The molecule has 1 fully saturated rings. The fraction of sp³-hybridized carbons (Fsp3) is 0.375. The minimum Gasteiger partial charge on any atom is -0.278 e. The van der Waals surface area contributed by atoms with Gasteiger partial charge in [-0.05, 0) is 50.3 Å². The summed E-state index contributed by atoms with van der Waals surface area (Å²) in [6.07, 6.45) is 7.67. The second kappa shape index (κ2) is 6.90. The minimum atomic E-state index is 0.956. The highest BCUT2D eigenvalue weighted by molar-refractivity contribution is 9.10. The lowest BCUT2D eigenvalue weighted by Gasteiger charge is -2.22. The van der Waals surface area contributed by atoms with Crippen LogP contribution in [0.4, 0.5) is 5.69 Å². The molecule has 1 radical (unpaired) electrons. The molecular weight excluding hydrogens is 300 g/mol. The lowest BCUT2D eigenvalue weighted by molar-refractivity contribution is 0.672. The Balaban J connectivity index is 2.11. The Labute approximate surface area is 124 Å². The SMILES string of the molecule is C=CC[C]1CCCCC1=NNc1cc(Br)ccc1C. The standard InChI is InChI=1S/C16H20BrN2/c1-3-6-13-7-4-5-8-15(13)18-19-16-11-14(17)10-9-12(16)2/h3,9-11,19H,1,4-8H2,2H3. The maximum Gasteiger partial charge on any atom is 0.0602 e. The lowest BCUT2D eigenvalue weighted by atomic mass is 9.85. The number of rotatable bonds is 4. The van der Waals surface area contributed by atoms with Crippen molar-refractivity contribution in [3.63, 3.8) is 0 Å². The molecule has 1 aromatic rings. The van der Waals surface area contributed by atoms with Gasteiger partial charge in [-0.1, -0.05) is 34.5 Å². The summed E-state index contributed by atoms with van der Waals surface area (Å²) in [5.41, 5.74) is 6.69. The number of hydrogen-bond donors (Lipinski definition) is 1. The molecular formula is C16H20BrN2. The number of hydrogen-bond acceptors (Lipinski definition) is 2. The molecule has 1 aliphatic rings. The smallest absolute Gasteiger partial charge is 0.0602 e. The van der Waals surface area contributed by atoms with Gasteiger partial charge >= 0.3 is 0 Å². The number of hydrazone groups is 1. The lowest BCUT2D eigenvalue weighted by Crippen LogP contribution is -2.18. The van der Waals surface area contributed by atoms with E-state index in [1.54, 1.807) is 0 Å². The number of nitrogens with zero attached hydrogens (tertiary/aromatic N) is 1. The summed E-state index contributed by atoms with van der Waals surface area (Å²) in [5, 5.41) is 4.62. The Morgan fingerprint density at radius 1 is 1.37 bits per heavy atom. The number of allylic oxidation sites excluding steroid dienone is 1. The van der Waals surface area contributed by atoms with Crippen molar-refractivity contribution in [2.75, 3.05) is 5.43 Å². The first-order valence-corrected chi connectivity index (χ1v) is 7.54. The first-order valence-electron chi connectivity index (χ1n) is 6.75. The van der Waals surface area contributed by atoms with Crippen molar-refractivity contribution in [1.82, 2.24) is 0 Å². The number of aryl methyl sites for hydroxylation is 1. The van der Waals surface area contributed by atoms with E-state index in [-0.39, 0.29) is 0 Å². The molecule has 0 aromatic heterocycles. The molecule has 1 saturated carbocycles. The monoisotopic (exact) mass is 319 g/mol. The average molecular weight is 320 g/mol. The summed E-state index contributed by atoms with van der Waals surface area (Å²) in [5.74, 6) is 1.43. The van der Waals surface area contributed by atoms with E-state index < -0.39 is 0 Å². The van der Waals surface area contributed by atoms with Crippen LogP contribution in [0.25, 0.3) is 0 Å². The highest BCUT2D eigenvalue weighted by Gasteiger charge is 2.19. The second-order valence-electron chi connectivity index (χ2n) is 4.93. The summed E-state index contributed by atoms with van der Waals surface area (Å²) >= 11 is 3.49.